The highest BCUT2D eigenvalue weighted by Gasteiger charge is 2.12. The van der Waals surface area contributed by atoms with Gasteiger partial charge in [-0.2, -0.15) is 0 Å². The van der Waals surface area contributed by atoms with Crippen molar-refractivity contribution in [2.75, 3.05) is 19.6 Å². The van der Waals surface area contributed by atoms with Crippen molar-refractivity contribution >= 4 is 0 Å². The van der Waals surface area contributed by atoms with Crippen molar-refractivity contribution in [2.24, 2.45) is 11.8 Å². The van der Waals surface area contributed by atoms with Crippen LogP contribution in [0, 0.1) is 5.92 Å². The van der Waals surface area contributed by atoms with Crippen LogP contribution in [0.5, 0.6) is 0 Å². The van der Waals surface area contributed by atoms with E-state index in [2.05, 4.69) is 38.0 Å². The van der Waals surface area contributed by atoms with Gasteiger partial charge in [0.2, 0.25) is 0 Å². The van der Waals surface area contributed by atoms with E-state index in [-0.39, 0.29) is 0 Å². The second-order valence-electron chi connectivity index (χ2n) is 4.81. The number of hydrazine groups is 1. The molecule has 0 aromatic rings. The Balaban J connectivity index is 3.81. The summed E-state index contributed by atoms with van der Waals surface area (Å²) in [6.07, 6.45) is 4.94. The van der Waals surface area contributed by atoms with Gasteiger partial charge in [-0.25, -0.2) is 0 Å². The molecule has 0 rings (SSSR count). The first-order valence-corrected chi connectivity index (χ1v) is 6.86. The number of nitrogens with one attached hydrogen (secondary N) is 1. The monoisotopic (exact) mass is 229 g/mol. The Morgan fingerprint density at radius 3 is 2.19 bits per heavy atom. The average Bonchev–Trinajstić information content (AvgIpc) is 2.29. The van der Waals surface area contributed by atoms with Crippen LogP contribution in [0.25, 0.3) is 0 Å². The van der Waals surface area contributed by atoms with Crippen LogP contribution in [0.3, 0.4) is 0 Å². The normalized spacial score (nSPS) is 15.4. The summed E-state index contributed by atoms with van der Waals surface area (Å²) < 4.78 is 0. The van der Waals surface area contributed by atoms with Crippen molar-refractivity contribution in [3.8, 4) is 0 Å². The number of rotatable bonds is 10. The molecule has 0 bridgehead atoms. The van der Waals surface area contributed by atoms with Gasteiger partial charge < -0.3 is 4.90 Å². The van der Waals surface area contributed by atoms with Crippen molar-refractivity contribution in [1.29, 1.82) is 0 Å². The summed E-state index contributed by atoms with van der Waals surface area (Å²) in [5.74, 6) is 6.40. The molecule has 0 aliphatic carbocycles. The third-order valence-electron chi connectivity index (χ3n) is 3.39. The van der Waals surface area contributed by atoms with E-state index in [4.69, 9.17) is 5.84 Å². The van der Waals surface area contributed by atoms with Gasteiger partial charge in [0.1, 0.15) is 0 Å². The molecule has 3 heteroatoms. The van der Waals surface area contributed by atoms with Gasteiger partial charge in [0.05, 0.1) is 0 Å². The van der Waals surface area contributed by atoms with Gasteiger partial charge in [-0.15, -0.1) is 0 Å². The van der Waals surface area contributed by atoms with Crippen molar-refractivity contribution in [3.63, 3.8) is 0 Å². The molecule has 0 fully saturated rings. The minimum Gasteiger partial charge on any atom is -0.304 e. The molecule has 0 saturated carbocycles. The quantitative estimate of drug-likeness (QED) is 0.446. The third-order valence-corrected chi connectivity index (χ3v) is 3.39. The van der Waals surface area contributed by atoms with E-state index in [1.807, 2.05) is 0 Å². The summed E-state index contributed by atoms with van der Waals surface area (Å²) in [5, 5.41) is 0. The molecule has 0 aromatic heterocycles. The van der Waals surface area contributed by atoms with Gasteiger partial charge >= 0.3 is 0 Å². The van der Waals surface area contributed by atoms with Gasteiger partial charge in [0.15, 0.2) is 0 Å². The Bertz CT molecular complexity index is 146. The molecule has 98 valence electrons. The first-order chi connectivity index (χ1) is 7.67. The molecule has 0 aromatic carbocycles. The zero-order valence-electron chi connectivity index (χ0n) is 11.6. The van der Waals surface area contributed by atoms with Crippen molar-refractivity contribution in [3.05, 3.63) is 0 Å². The Kier molecular flexibility index (Phi) is 9.99. The highest BCUT2D eigenvalue weighted by atomic mass is 15.2. The predicted octanol–water partition coefficient (Wildman–Crippen LogP) is 2.38. The van der Waals surface area contributed by atoms with Crippen molar-refractivity contribution in [2.45, 2.75) is 59.4 Å². The maximum absolute atomic E-state index is 5.62. The van der Waals surface area contributed by atoms with Crippen LogP contribution in [0.15, 0.2) is 0 Å². The highest BCUT2D eigenvalue weighted by molar-refractivity contribution is 4.69. The molecule has 0 heterocycles. The average molecular weight is 229 g/mol. The first kappa shape index (κ1) is 15.9. The van der Waals surface area contributed by atoms with E-state index in [0.29, 0.717) is 6.04 Å². The SMILES string of the molecule is CCCC(C)CC(CCN(CC)CC)NN. The molecule has 2 atom stereocenters. The highest BCUT2D eigenvalue weighted by Crippen LogP contribution is 2.14. The van der Waals surface area contributed by atoms with Crippen LogP contribution in [0.2, 0.25) is 0 Å². The first-order valence-electron chi connectivity index (χ1n) is 6.86. The third kappa shape index (κ3) is 7.20. The molecule has 3 N–H and O–H groups in total. The Hall–Kier alpha value is -0.120. The van der Waals surface area contributed by atoms with E-state index >= 15 is 0 Å². The van der Waals surface area contributed by atoms with Crippen molar-refractivity contribution in [1.82, 2.24) is 10.3 Å². The van der Waals surface area contributed by atoms with E-state index < -0.39 is 0 Å². The zero-order valence-corrected chi connectivity index (χ0v) is 11.6. The lowest BCUT2D eigenvalue weighted by molar-refractivity contribution is 0.267. The number of hydrogen-bond donors (Lipinski definition) is 2. The molecular formula is C13H31N3. The fourth-order valence-corrected chi connectivity index (χ4v) is 2.24. The topological polar surface area (TPSA) is 41.3 Å². The molecular weight excluding hydrogens is 198 g/mol. The van der Waals surface area contributed by atoms with Crippen LogP contribution in [0.1, 0.15) is 53.4 Å². The van der Waals surface area contributed by atoms with Crippen LogP contribution < -0.4 is 11.3 Å². The van der Waals surface area contributed by atoms with Crippen LogP contribution in [0.4, 0.5) is 0 Å². The molecule has 0 amide bonds. The molecule has 2 unspecified atom stereocenters. The summed E-state index contributed by atoms with van der Waals surface area (Å²) in [6.45, 7) is 12.4. The number of nitrogens with two attached hydrogens (primary N) is 1. The van der Waals surface area contributed by atoms with Crippen LogP contribution in [-0.2, 0) is 0 Å². The largest absolute Gasteiger partial charge is 0.304 e. The number of hydrogen-bond acceptors (Lipinski definition) is 3. The summed E-state index contributed by atoms with van der Waals surface area (Å²) in [4.78, 5) is 2.45. The summed E-state index contributed by atoms with van der Waals surface area (Å²) in [6, 6.07) is 0.474. The Morgan fingerprint density at radius 1 is 1.12 bits per heavy atom. The number of nitrogens with zero attached hydrogens (tertiary/aromatic N) is 1. The molecule has 0 saturated heterocycles. The maximum Gasteiger partial charge on any atom is 0.0225 e. The minimum absolute atomic E-state index is 0.474. The lowest BCUT2D eigenvalue weighted by Gasteiger charge is -2.24. The molecule has 0 spiro atoms. The van der Waals surface area contributed by atoms with Crippen LogP contribution >= 0.6 is 0 Å². The molecule has 3 nitrogen and oxygen atoms in total. The fourth-order valence-electron chi connectivity index (χ4n) is 2.24. The second-order valence-corrected chi connectivity index (χ2v) is 4.81. The summed E-state index contributed by atoms with van der Waals surface area (Å²) in [5.41, 5.74) is 2.97. The Labute approximate surface area is 102 Å². The van der Waals surface area contributed by atoms with Crippen LogP contribution in [-0.4, -0.2) is 30.6 Å². The van der Waals surface area contributed by atoms with Gasteiger partial charge in [-0.1, -0.05) is 40.5 Å². The van der Waals surface area contributed by atoms with E-state index in [0.717, 1.165) is 32.0 Å². The van der Waals surface area contributed by atoms with E-state index in [9.17, 15) is 0 Å². The standard InChI is InChI=1S/C13H31N3/c1-5-8-12(4)11-13(15-14)9-10-16(6-2)7-3/h12-13,15H,5-11,14H2,1-4H3. The second kappa shape index (κ2) is 10.1. The van der Waals surface area contributed by atoms with Gasteiger partial charge in [0, 0.05) is 6.04 Å². The smallest absolute Gasteiger partial charge is 0.0225 e. The Morgan fingerprint density at radius 2 is 1.75 bits per heavy atom. The predicted molar refractivity (Wildman–Crippen MR) is 72.2 cm³/mol. The van der Waals surface area contributed by atoms with Gasteiger partial charge in [-0.05, 0) is 38.4 Å². The zero-order chi connectivity index (χ0) is 12.4. The summed E-state index contributed by atoms with van der Waals surface area (Å²) in [7, 11) is 0. The molecule has 0 radical (unpaired) electrons. The fraction of sp³-hybridized carbons (Fsp3) is 1.00. The van der Waals surface area contributed by atoms with E-state index in [1.54, 1.807) is 0 Å². The summed E-state index contributed by atoms with van der Waals surface area (Å²) >= 11 is 0. The lowest BCUT2D eigenvalue weighted by atomic mass is 9.96. The maximum atomic E-state index is 5.62. The lowest BCUT2D eigenvalue weighted by Crippen LogP contribution is -2.39. The molecule has 16 heavy (non-hydrogen) atoms. The van der Waals surface area contributed by atoms with E-state index in [1.165, 1.54) is 19.3 Å². The molecule has 0 aliphatic rings. The van der Waals surface area contributed by atoms with Gasteiger partial charge in [-0.3, -0.25) is 11.3 Å². The minimum atomic E-state index is 0.474. The van der Waals surface area contributed by atoms with Gasteiger partial charge in [0.25, 0.3) is 0 Å². The molecule has 0 aliphatic heterocycles. The van der Waals surface area contributed by atoms with Crippen molar-refractivity contribution < 1.29 is 0 Å².